The van der Waals surface area contributed by atoms with Crippen LogP contribution < -0.4 is 5.32 Å². The van der Waals surface area contributed by atoms with Crippen molar-refractivity contribution < 1.29 is 9.53 Å². The normalized spacial score (nSPS) is 25.5. The molecule has 0 saturated heterocycles. The summed E-state index contributed by atoms with van der Waals surface area (Å²) >= 11 is 0. The van der Waals surface area contributed by atoms with Crippen molar-refractivity contribution in [1.82, 2.24) is 5.32 Å². The number of nitrogens with one attached hydrogen (secondary N) is 1. The molecule has 13 heavy (non-hydrogen) atoms. The Morgan fingerprint density at radius 2 is 2.31 bits per heavy atom. The van der Waals surface area contributed by atoms with Crippen LogP contribution in [0.25, 0.3) is 0 Å². The Labute approximate surface area is 79.2 Å². The van der Waals surface area contributed by atoms with Crippen LogP contribution in [0.1, 0.15) is 32.1 Å². The van der Waals surface area contributed by atoms with E-state index in [1.165, 1.54) is 26.4 Å². The zero-order valence-electron chi connectivity index (χ0n) is 8.08. The Morgan fingerprint density at radius 3 is 3.08 bits per heavy atom. The zero-order chi connectivity index (χ0) is 9.52. The van der Waals surface area contributed by atoms with Crippen molar-refractivity contribution in [2.24, 2.45) is 0 Å². The van der Waals surface area contributed by atoms with Gasteiger partial charge >= 0.3 is 6.09 Å². The van der Waals surface area contributed by atoms with E-state index in [2.05, 4.69) is 22.2 Å². The highest BCUT2D eigenvalue weighted by molar-refractivity contribution is 5.67. The van der Waals surface area contributed by atoms with Crippen molar-refractivity contribution in [3.8, 4) is 0 Å². The highest BCUT2D eigenvalue weighted by Gasteiger charge is 2.09. The lowest BCUT2D eigenvalue weighted by molar-refractivity contribution is 0.168. The zero-order valence-corrected chi connectivity index (χ0v) is 8.08. The first-order valence-electron chi connectivity index (χ1n) is 4.84. The summed E-state index contributed by atoms with van der Waals surface area (Å²) < 4.78 is 4.54. The molecule has 0 fully saturated rings. The highest BCUT2D eigenvalue weighted by atomic mass is 16.5. The molecule has 1 aliphatic rings. The summed E-state index contributed by atoms with van der Waals surface area (Å²) in [5.41, 5.74) is 0. The maximum absolute atomic E-state index is 10.9. The van der Waals surface area contributed by atoms with Crippen molar-refractivity contribution in [2.45, 2.75) is 38.1 Å². The molecule has 3 nitrogen and oxygen atoms in total. The predicted molar refractivity (Wildman–Crippen MR) is 51.6 cm³/mol. The first-order chi connectivity index (χ1) is 6.33. The maximum Gasteiger partial charge on any atom is 0.407 e. The minimum atomic E-state index is -0.338. The summed E-state index contributed by atoms with van der Waals surface area (Å²) in [6.07, 6.45) is 9.71. The van der Waals surface area contributed by atoms with Gasteiger partial charge in [-0.15, -0.1) is 0 Å². The number of hydrogen-bond acceptors (Lipinski definition) is 2. The van der Waals surface area contributed by atoms with E-state index in [0.29, 0.717) is 0 Å². The van der Waals surface area contributed by atoms with Gasteiger partial charge in [0.05, 0.1) is 13.2 Å². The van der Waals surface area contributed by atoms with E-state index >= 15 is 0 Å². The number of alkyl carbamates (subject to hydrolysis) is 1. The lowest BCUT2D eigenvalue weighted by Gasteiger charge is -2.15. The Kier molecular flexibility index (Phi) is 4.36. The van der Waals surface area contributed by atoms with E-state index in [4.69, 9.17) is 0 Å². The third-order valence-electron chi connectivity index (χ3n) is 2.24. The van der Waals surface area contributed by atoms with Gasteiger partial charge in [0.25, 0.3) is 0 Å². The van der Waals surface area contributed by atoms with Crippen LogP contribution in [-0.4, -0.2) is 19.2 Å². The molecule has 0 aromatic carbocycles. The molecule has 74 valence electrons. The minimum Gasteiger partial charge on any atom is -0.453 e. The average molecular weight is 183 g/mol. The van der Waals surface area contributed by atoms with Crippen molar-refractivity contribution in [2.75, 3.05) is 7.11 Å². The summed E-state index contributed by atoms with van der Waals surface area (Å²) in [4.78, 5) is 10.9. The molecule has 0 heterocycles. The van der Waals surface area contributed by atoms with Crippen molar-refractivity contribution in [3.63, 3.8) is 0 Å². The van der Waals surface area contributed by atoms with Crippen LogP contribution in [0.5, 0.6) is 0 Å². The van der Waals surface area contributed by atoms with Crippen LogP contribution in [0.3, 0.4) is 0 Å². The number of carbonyl (C=O) groups is 1. The molecular formula is C10H17NO2. The molecule has 0 aromatic rings. The molecule has 0 aliphatic heterocycles. The van der Waals surface area contributed by atoms with Gasteiger partial charge in [0.15, 0.2) is 0 Å². The SMILES string of the molecule is COC(=O)NC1/C=C/CCCCC1. The molecule has 0 saturated carbocycles. The van der Waals surface area contributed by atoms with E-state index < -0.39 is 0 Å². The van der Waals surface area contributed by atoms with E-state index in [1.807, 2.05) is 0 Å². The first kappa shape index (κ1) is 10.1. The molecule has 1 unspecified atom stereocenters. The van der Waals surface area contributed by atoms with Gasteiger partial charge in [-0.3, -0.25) is 0 Å². The summed E-state index contributed by atoms with van der Waals surface area (Å²) in [5, 5.41) is 2.79. The number of carbonyl (C=O) groups excluding carboxylic acids is 1. The Hall–Kier alpha value is -0.990. The van der Waals surface area contributed by atoms with E-state index in [-0.39, 0.29) is 12.1 Å². The predicted octanol–water partition coefficient (Wildman–Crippen LogP) is 2.23. The second kappa shape index (κ2) is 5.62. The number of rotatable bonds is 1. The van der Waals surface area contributed by atoms with E-state index in [0.717, 1.165) is 12.8 Å². The second-order valence-corrected chi connectivity index (χ2v) is 3.31. The second-order valence-electron chi connectivity index (χ2n) is 3.31. The minimum absolute atomic E-state index is 0.160. The third-order valence-corrected chi connectivity index (χ3v) is 2.24. The Bertz CT molecular complexity index is 189. The molecule has 1 N–H and O–H groups in total. The van der Waals surface area contributed by atoms with Gasteiger partial charge < -0.3 is 10.1 Å². The van der Waals surface area contributed by atoms with Gasteiger partial charge in [0, 0.05) is 0 Å². The van der Waals surface area contributed by atoms with Gasteiger partial charge in [0.1, 0.15) is 0 Å². The number of methoxy groups -OCH3 is 1. The van der Waals surface area contributed by atoms with Crippen LogP contribution in [0.15, 0.2) is 12.2 Å². The Morgan fingerprint density at radius 1 is 1.46 bits per heavy atom. The van der Waals surface area contributed by atoms with Gasteiger partial charge in [-0.1, -0.05) is 25.0 Å². The number of hydrogen-bond donors (Lipinski definition) is 1. The molecule has 0 bridgehead atoms. The average Bonchev–Trinajstić information content (AvgIpc) is 2.09. The fourth-order valence-corrected chi connectivity index (χ4v) is 1.49. The monoisotopic (exact) mass is 183 g/mol. The largest absolute Gasteiger partial charge is 0.453 e. The molecule has 1 aliphatic carbocycles. The molecule has 0 aromatic heterocycles. The first-order valence-corrected chi connectivity index (χ1v) is 4.84. The van der Waals surface area contributed by atoms with Crippen molar-refractivity contribution in [3.05, 3.63) is 12.2 Å². The summed E-state index contributed by atoms with van der Waals surface area (Å²) in [6.45, 7) is 0. The van der Waals surface area contributed by atoms with Crippen molar-refractivity contribution in [1.29, 1.82) is 0 Å². The molecule has 1 amide bonds. The quantitative estimate of drug-likeness (QED) is 0.633. The van der Waals surface area contributed by atoms with Crippen LogP contribution in [0, 0.1) is 0 Å². The number of amides is 1. The maximum atomic E-state index is 10.9. The molecule has 0 spiro atoms. The summed E-state index contributed by atoms with van der Waals surface area (Å²) in [6, 6.07) is 0.160. The van der Waals surface area contributed by atoms with E-state index in [9.17, 15) is 4.79 Å². The van der Waals surface area contributed by atoms with Gasteiger partial charge in [0.2, 0.25) is 0 Å². The van der Waals surface area contributed by atoms with E-state index in [1.54, 1.807) is 0 Å². The molecule has 1 rings (SSSR count). The van der Waals surface area contributed by atoms with Gasteiger partial charge in [-0.05, 0) is 19.3 Å². The van der Waals surface area contributed by atoms with Gasteiger partial charge in [-0.2, -0.15) is 0 Å². The Balaban J connectivity index is 2.37. The van der Waals surface area contributed by atoms with Gasteiger partial charge in [-0.25, -0.2) is 4.79 Å². The lowest BCUT2D eigenvalue weighted by atomic mass is 10.0. The molecular weight excluding hydrogens is 166 g/mol. The molecule has 1 atom stereocenters. The molecule has 0 radical (unpaired) electrons. The third kappa shape index (κ3) is 3.97. The standard InChI is InChI=1S/C10H17NO2/c1-13-10(12)11-9-7-5-3-2-4-6-8-9/h5,7,9H,2-4,6,8H2,1H3,(H,11,12)/b7-5+. The number of allylic oxidation sites excluding steroid dienone is 1. The van der Waals surface area contributed by atoms with Crippen LogP contribution >= 0.6 is 0 Å². The lowest BCUT2D eigenvalue weighted by Crippen LogP contribution is -2.33. The van der Waals surface area contributed by atoms with Crippen molar-refractivity contribution >= 4 is 6.09 Å². The summed E-state index contributed by atoms with van der Waals surface area (Å²) in [7, 11) is 1.39. The topological polar surface area (TPSA) is 38.3 Å². The summed E-state index contributed by atoms with van der Waals surface area (Å²) in [5.74, 6) is 0. The number of ether oxygens (including phenoxy) is 1. The smallest absolute Gasteiger partial charge is 0.407 e. The molecule has 3 heteroatoms. The fourth-order valence-electron chi connectivity index (χ4n) is 1.49. The van der Waals surface area contributed by atoms with Crippen LogP contribution in [0.2, 0.25) is 0 Å². The fraction of sp³-hybridized carbons (Fsp3) is 0.700. The highest BCUT2D eigenvalue weighted by Crippen LogP contribution is 2.11. The van der Waals surface area contributed by atoms with Crippen LogP contribution in [-0.2, 0) is 4.74 Å². The van der Waals surface area contributed by atoms with Crippen LogP contribution in [0.4, 0.5) is 4.79 Å².